The van der Waals surface area contributed by atoms with E-state index in [0.717, 1.165) is 61.6 Å². The zero-order chi connectivity index (χ0) is 30.2. The quantitative estimate of drug-likeness (QED) is 0.193. The zero-order valence-corrected chi connectivity index (χ0v) is 24.8. The summed E-state index contributed by atoms with van der Waals surface area (Å²) in [7, 11) is 0. The highest BCUT2D eigenvalue weighted by molar-refractivity contribution is 6.23. The molecule has 0 aliphatic carbocycles. The van der Waals surface area contributed by atoms with Gasteiger partial charge >= 0.3 is 0 Å². The van der Waals surface area contributed by atoms with Crippen LogP contribution >= 0.6 is 0 Å². The van der Waals surface area contributed by atoms with Crippen LogP contribution in [0.25, 0.3) is 71.7 Å². The van der Waals surface area contributed by atoms with Crippen molar-refractivity contribution >= 4 is 60.5 Å². The molecule has 9 aromatic rings. The third kappa shape index (κ3) is 3.44. The van der Waals surface area contributed by atoms with Crippen molar-refractivity contribution in [1.82, 2.24) is 14.5 Å². The minimum absolute atomic E-state index is 0.942. The average Bonchev–Trinajstić information content (AvgIpc) is 3.51. The molecule has 214 valence electrons. The maximum atomic E-state index is 5.46. The van der Waals surface area contributed by atoms with Crippen LogP contribution in [0.15, 0.2) is 158 Å². The van der Waals surface area contributed by atoms with Crippen LogP contribution in [0.2, 0.25) is 0 Å². The van der Waals surface area contributed by atoms with Crippen LogP contribution in [0.3, 0.4) is 0 Å². The van der Waals surface area contributed by atoms with Crippen molar-refractivity contribution in [3.05, 3.63) is 158 Å². The van der Waals surface area contributed by atoms with Crippen LogP contribution in [-0.4, -0.2) is 14.5 Å². The second kappa shape index (κ2) is 9.62. The van der Waals surface area contributed by atoms with Crippen LogP contribution in [-0.2, 0) is 0 Å². The smallest absolute Gasteiger partial charge is 0.147 e. The Labute approximate surface area is 265 Å². The first kappa shape index (κ1) is 25.1. The Bertz CT molecular complexity index is 2590. The SMILES string of the molecule is c1ccc(N2c3ccccc3-n3c(-c4c5ccccc5c(-c5cccc6cccnc56)c5ccccc45)nc4cccc2c43)cc1. The van der Waals surface area contributed by atoms with Crippen molar-refractivity contribution in [3.63, 3.8) is 0 Å². The highest BCUT2D eigenvalue weighted by Crippen LogP contribution is 2.51. The first-order valence-corrected chi connectivity index (χ1v) is 15.6. The fourth-order valence-electron chi connectivity index (χ4n) is 7.48. The lowest BCUT2D eigenvalue weighted by Crippen LogP contribution is -2.18. The molecule has 4 nitrogen and oxygen atoms in total. The van der Waals surface area contributed by atoms with Crippen molar-refractivity contribution < 1.29 is 0 Å². The molecule has 0 N–H and O–H groups in total. The van der Waals surface area contributed by atoms with Gasteiger partial charge in [0.1, 0.15) is 5.82 Å². The van der Waals surface area contributed by atoms with Gasteiger partial charge in [0.25, 0.3) is 0 Å². The molecule has 2 aromatic heterocycles. The van der Waals surface area contributed by atoms with Gasteiger partial charge in [0.05, 0.1) is 33.6 Å². The van der Waals surface area contributed by atoms with E-state index in [-0.39, 0.29) is 0 Å². The summed E-state index contributed by atoms with van der Waals surface area (Å²) in [5.74, 6) is 0.942. The highest BCUT2D eigenvalue weighted by atomic mass is 15.2. The molecule has 3 heterocycles. The average molecular weight is 587 g/mol. The van der Waals surface area contributed by atoms with Crippen molar-refractivity contribution in [2.75, 3.05) is 4.90 Å². The number of pyridine rings is 1. The Morgan fingerprint density at radius 1 is 0.457 bits per heavy atom. The number of imidazole rings is 1. The first-order chi connectivity index (χ1) is 22.9. The van der Waals surface area contributed by atoms with E-state index in [2.05, 4.69) is 155 Å². The van der Waals surface area contributed by atoms with Gasteiger partial charge in [-0.3, -0.25) is 9.55 Å². The number of rotatable bonds is 3. The number of hydrogen-bond donors (Lipinski definition) is 0. The molecule has 0 unspecified atom stereocenters. The highest BCUT2D eigenvalue weighted by Gasteiger charge is 2.30. The number of hydrogen-bond acceptors (Lipinski definition) is 3. The molecule has 46 heavy (non-hydrogen) atoms. The molecule has 0 saturated carbocycles. The molecule has 1 aliphatic heterocycles. The van der Waals surface area contributed by atoms with E-state index in [1.54, 1.807) is 0 Å². The van der Waals surface area contributed by atoms with E-state index in [9.17, 15) is 0 Å². The number of benzene rings is 7. The van der Waals surface area contributed by atoms with Gasteiger partial charge in [-0.15, -0.1) is 0 Å². The summed E-state index contributed by atoms with van der Waals surface area (Å²) in [6.07, 6.45) is 1.89. The molecule has 0 atom stereocenters. The van der Waals surface area contributed by atoms with Gasteiger partial charge in [-0.1, -0.05) is 109 Å². The van der Waals surface area contributed by atoms with Gasteiger partial charge in [-0.05, 0) is 69.6 Å². The third-order valence-corrected chi connectivity index (χ3v) is 9.33. The maximum Gasteiger partial charge on any atom is 0.147 e. The van der Waals surface area contributed by atoms with E-state index >= 15 is 0 Å². The van der Waals surface area contributed by atoms with Crippen LogP contribution in [0, 0.1) is 0 Å². The van der Waals surface area contributed by atoms with Crippen molar-refractivity contribution in [2.24, 2.45) is 0 Å². The number of fused-ring (bicyclic) bond motifs is 5. The summed E-state index contributed by atoms with van der Waals surface area (Å²) in [5.41, 5.74) is 11.0. The van der Waals surface area contributed by atoms with Gasteiger partial charge in [0, 0.05) is 28.4 Å². The lowest BCUT2D eigenvalue weighted by atomic mass is 9.87. The van der Waals surface area contributed by atoms with Crippen molar-refractivity contribution in [2.45, 2.75) is 0 Å². The summed E-state index contributed by atoms with van der Waals surface area (Å²) < 4.78 is 2.38. The minimum Gasteiger partial charge on any atom is -0.306 e. The van der Waals surface area contributed by atoms with Gasteiger partial charge < -0.3 is 4.90 Å². The monoisotopic (exact) mass is 586 g/mol. The lowest BCUT2D eigenvalue weighted by Gasteiger charge is -2.33. The molecule has 0 amide bonds. The molecule has 0 fully saturated rings. The van der Waals surface area contributed by atoms with E-state index in [0.29, 0.717) is 0 Å². The number of para-hydroxylation sites is 5. The molecule has 4 heteroatoms. The molecule has 0 saturated heterocycles. The summed E-state index contributed by atoms with van der Waals surface area (Å²) in [6.45, 7) is 0. The summed E-state index contributed by atoms with van der Waals surface area (Å²) in [5, 5.41) is 5.84. The van der Waals surface area contributed by atoms with Gasteiger partial charge in [-0.25, -0.2) is 4.98 Å². The zero-order valence-electron chi connectivity index (χ0n) is 24.8. The molecule has 7 aromatic carbocycles. The lowest BCUT2D eigenvalue weighted by molar-refractivity contribution is 1.07. The minimum atomic E-state index is 0.942. The Morgan fingerprint density at radius 3 is 1.83 bits per heavy atom. The van der Waals surface area contributed by atoms with E-state index in [4.69, 9.17) is 9.97 Å². The largest absolute Gasteiger partial charge is 0.306 e. The van der Waals surface area contributed by atoms with Crippen LogP contribution in [0.1, 0.15) is 0 Å². The van der Waals surface area contributed by atoms with Crippen LogP contribution in [0.4, 0.5) is 17.1 Å². The van der Waals surface area contributed by atoms with Crippen LogP contribution in [0.5, 0.6) is 0 Å². The number of aromatic nitrogens is 3. The van der Waals surface area contributed by atoms with Crippen LogP contribution < -0.4 is 4.90 Å². The number of nitrogens with zero attached hydrogens (tertiary/aromatic N) is 4. The van der Waals surface area contributed by atoms with Crippen molar-refractivity contribution in [1.29, 1.82) is 0 Å². The second-order valence-electron chi connectivity index (χ2n) is 11.8. The summed E-state index contributed by atoms with van der Waals surface area (Å²) in [6, 6.07) is 53.9. The molecular weight excluding hydrogens is 560 g/mol. The van der Waals surface area contributed by atoms with Gasteiger partial charge in [-0.2, -0.15) is 0 Å². The molecular formula is C42H26N4. The third-order valence-electron chi connectivity index (χ3n) is 9.33. The van der Waals surface area contributed by atoms with E-state index < -0.39 is 0 Å². The Hall–Kier alpha value is -6.26. The van der Waals surface area contributed by atoms with Gasteiger partial charge in [0.2, 0.25) is 0 Å². The molecule has 0 radical (unpaired) electrons. The first-order valence-electron chi connectivity index (χ1n) is 15.6. The summed E-state index contributed by atoms with van der Waals surface area (Å²) >= 11 is 0. The molecule has 10 rings (SSSR count). The summed E-state index contributed by atoms with van der Waals surface area (Å²) in [4.78, 5) is 12.7. The fraction of sp³-hybridized carbons (Fsp3) is 0. The normalized spacial score (nSPS) is 12.3. The molecule has 0 bridgehead atoms. The van der Waals surface area contributed by atoms with E-state index in [1.165, 1.54) is 27.1 Å². The molecule has 0 spiro atoms. The number of anilines is 3. The predicted octanol–water partition coefficient (Wildman–Crippen LogP) is 11.0. The van der Waals surface area contributed by atoms with Gasteiger partial charge in [0.15, 0.2) is 0 Å². The van der Waals surface area contributed by atoms with Crippen molar-refractivity contribution in [3.8, 4) is 28.2 Å². The predicted molar refractivity (Wildman–Crippen MR) is 190 cm³/mol. The van der Waals surface area contributed by atoms with E-state index in [1.807, 2.05) is 12.3 Å². The molecule has 1 aliphatic rings. The topological polar surface area (TPSA) is 34.0 Å². The Morgan fingerprint density at radius 2 is 1.07 bits per heavy atom. The maximum absolute atomic E-state index is 5.46. The Kier molecular flexibility index (Phi) is 5.25. The second-order valence-corrected chi connectivity index (χ2v) is 11.8. The Balaban J connectivity index is 1.36. The standard InChI is InChI=1S/C42H26N4/c1-2-15-28(16-3-1)45-35-23-8-9-24-36(35)46-41-34(22-11-25-37(41)45)44-42(46)39-31-19-6-4-17-29(31)38(30-18-5-7-20-32(30)39)33-21-10-13-27-14-12-26-43-40(27)33/h1-26H. The fourth-order valence-corrected chi connectivity index (χ4v) is 7.48.